The zero-order valence-corrected chi connectivity index (χ0v) is 11.0. The number of halogens is 3. The summed E-state index contributed by atoms with van der Waals surface area (Å²) in [5.74, 6) is 0.743. The third-order valence-corrected chi connectivity index (χ3v) is 3.80. The van der Waals surface area contributed by atoms with Crippen molar-refractivity contribution in [2.45, 2.75) is 44.7 Å². The molecule has 0 aliphatic heterocycles. The Balaban J connectivity index is 1.82. The molecular formula is C15H20F3N. The minimum atomic E-state index is -4.26. The van der Waals surface area contributed by atoms with Gasteiger partial charge in [0.15, 0.2) is 0 Å². The van der Waals surface area contributed by atoms with Crippen LogP contribution in [0.25, 0.3) is 0 Å². The molecule has 0 amide bonds. The molecule has 2 rings (SSSR count). The summed E-state index contributed by atoms with van der Waals surface area (Å²) in [5, 5.41) is 3.10. The van der Waals surface area contributed by atoms with E-state index in [1.165, 1.54) is 44.2 Å². The van der Waals surface area contributed by atoms with E-state index in [9.17, 15) is 13.2 Å². The molecule has 0 radical (unpaired) electrons. The van der Waals surface area contributed by atoms with Crippen LogP contribution < -0.4 is 5.32 Å². The van der Waals surface area contributed by atoms with Gasteiger partial charge in [-0.05, 0) is 30.5 Å². The van der Waals surface area contributed by atoms with Crippen LogP contribution >= 0.6 is 0 Å². The molecule has 0 atom stereocenters. The standard InChI is InChI=1S/C15H20F3N/c16-15(17,18)13-7-4-8-14(11-13)19-10-9-12-5-2-1-3-6-12/h4,7-8,11-12,19H,1-3,5-6,9-10H2. The lowest BCUT2D eigenvalue weighted by atomic mass is 9.87. The summed E-state index contributed by atoms with van der Waals surface area (Å²) >= 11 is 0. The van der Waals surface area contributed by atoms with Crippen molar-refractivity contribution in [3.63, 3.8) is 0 Å². The summed E-state index contributed by atoms with van der Waals surface area (Å²) in [6.07, 6.45) is 3.26. The zero-order valence-electron chi connectivity index (χ0n) is 11.0. The van der Waals surface area contributed by atoms with Gasteiger partial charge in [-0.15, -0.1) is 0 Å². The highest BCUT2D eigenvalue weighted by atomic mass is 19.4. The first-order chi connectivity index (χ1) is 9.05. The highest BCUT2D eigenvalue weighted by molar-refractivity contribution is 5.46. The first-order valence-electron chi connectivity index (χ1n) is 6.97. The molecule has 0 spiro atoms. The summed E-state index contributed by atoms with van der Waals surface area (Å²) in [5.41, 5.74) is -0.0270. The van der Waals surface area contributed by atoms with E-state index in [0.717, 1.165) is 24.9 Å². The van der Waals surface area contributed by atoms with Crippen LogP contribution in [-0.2, 0) is 6.18 Å². The fourth-order valence-corrected chi connectivity index (χ4v) is 2.70. The fraction of sp³-hybridized carbons (Fsp3) is 0.600. The largest absolute Gasteiger partial charge is 0.416 e. The molecule has 4 heteroatoms. The number of anilines is 1. The monoisotopic (exact) mass is 271 g/mol. The van der Waals surface area contributed by atoms with Gasteiger partial charge in [-0.25, -0.2) is 0 Å². The molecule has 106 valence electrons. The molecule has 0 bridgehead atoms. The Morgan fingerprint density at radius 1 is 1.11 bits per heavy atom. The second-order valence-corrected chi connectivity index (χ2v) is 5.30. The van der Waals surface area contributed by atoms with Gasteiger partial charge in [-0.2, -0.15) is 13.2 Å². The third-order valence-electron chi connectivity index (χ3n) is 3.80. The maximum Gasteiger partial charge on any atom is 0.416 e. The minimum Gasteiger partial charge on any atom is -0.385 e. The van der Waals surface area contributed by atoms with E-state index >= 15 is 0 Å². The fourth-order valence-electron chi connectivity index (χ4n) is 2.70. The summed E-state index contributed by atoms with van der Waals surface area (Å²) in [7, 11) is 0. The van der Waals surface area contributed by atoms with Gasteiger partial charge in [0.25, 0.3) is 0 Å². The predicted octanol–water partition coefficient (Wildman–Crippen LogP) is 5.09. The van der Waals surface area contributed by atoms with Crippen molar-refractivity contribution in [2.24, 2.45) is 5.92 Å². The highest BCUT2D eigenvalue weighted by Crippen LogP contribution is 2.31. The van der Waals surface area contributed by atoms with Gasteiger partial charge in [0.1, 0.15) is 0 Å². The van der Waals surface area contributed by atoms with Gasteiger partial charge in [-0.1, -0.05) is 38.2 Å². The van der Waals surface area contributed by atoms with Crippen LogP contribution in [0.1, 0.15) is 44.1 Å². The average molecular weight is 271 g/mol. The molecule has 0 aromatic heterocycles. The van der Waals surface area contributed by atoms with E-state index in [1.807, 2.05) is 0 Å². The van der Waals surface area contributed by atoms with Gasteiger partial charge in [-0.3, -0.25) is 0 Å². The smallest absolute Gasteiger partial charge is 0.385 e. The van der Waals surface area contributed by atoms with Crippen molar-refractivity contribution in [2.75, 3.05) is 11.9 Å². The third kappa shape index (κ3) is 4.44. The van der Waals surface area contributed by atoms with Gasteiger partial charge >= 0.3 is 6.18 Å². The van der Waals surface area contributed by atoms with Crippen molar-refractivity contribution in [1.82, 2.24) is 0 Å². The molecule has 1 N–H and O–H groups in total. The number of nitrogens with one attached hydrogen (secondary N) is 1. The SMILES string of the molecule is FC(F)(F)c1cccc(NCCC2CCCCC2)c1. The zero-order chi connectivity index (χ0) is 13.7. The molecule has 0 heterocycles. The topological polar surface area (TPSA) is 12.0 Å². The molecule has 0 saturated heterocycles. The van der Waals surface area contributed by atoms with Crippen LogP contribution in [0.2, 0.25) is 0 Å². The van der Waals surface area contributed by atoms with E-state index < -0.39 is 11.7 Å². The lowest BCUT2D eigenvalue weighted by Gasteiger charge is -2.21. The van der Waals surface area contributed by atoms with Crippen LogP contribution in [0.15, 0.2) is 24.3 Å². The second kappa shape index (κ2) is 6.31. The first kappa shape index (κ1) is 14.2. The van der Waals surface area contributed by atoms with Crippen LogP contribution in [0, 0.1) is 5.92 Å². The number of benzene rings is 1. The Kier molecular flexibility index (Phi) is 4.72. The molecule has 0 unspecified atom stereocenters. The molecule has 1 aromatic carbocycles. The number of alkyl halides is 3. The number of hydrogen-bond acceptors (Lipinski definition) is 1. The van der Waals surface area contributed by atoms with E-state index in [2.05, 4.69) is 5.32 Å². The Labute approximate surface area is 112 Å². The Morgan fingerprint density at radius 2 is 1.84 bits per heavy atom. The molecule has 1 aliphatic carbocycles. The Hall–Kier alpha value is -1.19. The van der Waals surface area contributed by atoms with E-state index in [0.29, 0.717) is 5.69 Å². The predicted molar refractivity (Wildman–Crippen MR) is 71.1 cm³/mol. The summed E-state index contributed by atoms with van der Waals surface area (Å²) in [4.78, 5) is 0. The molecule has 1 fully saturated rings. The maximum atomic E-state index is 12.6. The van der Waals surface area contributed by atoms with Crippen LogP contribution in [0.3, 0.4) is 0 Å². The van der Waals surface area contributed by atoms with Crippen LogP contribution in [0.5, 0.6) is 0 Å². The van der Waals surface area contributed by atoms with Crippen molar-refractivity contribution in [3.8, 4) is 0 Å². The molecule has 19 heavy (non-hydrogen) atoms. The molecular weight excluding hydrogens is 251 g/mol. The van der Waals surface area contributed by atoms with E-state index in [-0.39, 0.29) is 0 Å². The second-order valence-electron chi connectivity index (χ2n) is 5.30. The highest BCUT2D eigenvalue weighted by Gasteiger charge is 2.30. The maximum absolute atomic E-state index is 12.6. The molecule has 1 nitrogen and oxygen atoms in total. The molecule has 1 aliphatic rings. The van der Waals surface area contributed by atoms with Gasteiger partial charge in [0, 0.05) is 12.2 Å². The van der Waals surface area contributed by atoms with Gasteiger partial charge in [0.2, 0.25) is 0 Å². The van der Waals surface area contributed by atoms with Gasteiger partial charge < -0.3 is 5.32 Å². The first-order valence-corrected chi connectivity index (χ1v) is 6.97. The molecule has 1 saturated carbocycles. The van der Waals surface area contributed by atoms with Crippen molar-refractivity contribution in [1.29, 1.82) is 0 Å². The normalized spacial score (nSPS) is 17.4. The summed E-state index contributed by atoms with van der Waals surface area (Å²) in [6, 6.07) is 5.43. The number of rotatable bonds is 4. The molecule has 1 aromatic rings. The summed E-state index contributed by atoms with van der Waals surface area (Å²) in [6.45, 7) is 0.756. The van der Waals surface area contributed by atoms with Crippen molar-refractivity contribution in [3.05, 3.63) is 29.8 Å². The van der Waals surface area contributed by atoms with E-state index in [1.54, 1.807) is 6.07 Å². The van der Waals surface area contributed by atoms with Gasteiger partial charge in [0.05, 0.1) is 5.56 Å². The minimum absolute atomic E-state index is 0.561. The van der Waals surface area contributed by atoms with Crippen LogP contribution in [-0.4, -0.2) is 6.54 Å². The van der Waals surface area contributed by atoms with E-state index in [4.69, 9.17) is 0 Å². The quantitative estimate of drug-likeness (QED) is 0.804. The van der Waals surface area contributed by atoms with Crippen molar-refractivity contribution < 1.29 is 13.2 Å². The number of hydrogen-bond donors (Lipinski definition) is 1. The Morgan fingerprint density at radius 3 is 2.53 bits per heavy atom. The summed E-state index contributed by atoms with van der Waals surface area (Å²) < 4.78 is 37.7. The Bertz CT molecular complexity index is 395. The van der Waals surface area contributed by atoms with Crippen molar-refractivity contribution >= 4 is 5.69 Å². The average Bonchev–Trinajstić information content (AvgIpc) is 2.39. The lowest BCUT2D eigenvalue weighted by Crippen LogP contribution is -2.12. The lowest BCUT2D eigenvalue weighted by molar-refractivity contribution is -0.137. The van der Waals surface area contributed by atoms with Crippen LogP contribution in [0.4, 0.5) is 18.9 Å².